The van der Waals surface area contributed by atoms with Crippen LogP contribution in [0.15, 0.2) is 36.5 Å². The van der Waals surface area contributed by atoms with Gasteiger partial charge in [-0.25, -0.2) is 0 Å². The molecule has 62 heavy (non-hydrogen) atoms. The Labute approximate surface area is 385 Å². The summed E-state index contributed by atoms with van der Waals surface area (Å²) in [6.07, 6.45) is 59.9. The van der Waals surface area contributed by atoms with Gasteiger partial charge >= 0.3 is 17.9 Å². The Morgan fingerprint density at radius 2 is 0.629 bits per heavy atom. The fourth-order valence-corrected chi connectivity index (χ4v) is 7.91. The lowest BCUT2D eigenvalue weighted by molar-refractivity contribution is -0.167. The van der Waals surface area contributed by atoms with Gasteiger partial charge in [0.15, 0.2) is 6.10 Å². The van der Waals surface area contributed by atoms with Gasteiger partial charge in [0.05, 0.1) is 0 Å². The molecule has 0 aliphatic rings. The molecule has 0 fully saturated rings. The first-order valence-corrected chi connectivity index (χ1v) is 27.0. The first-order valence-electron chi connectivity index (χ1n) is 27.0. The molecule has 0 aromatic carbocycles. The number of hydrogen-bond acceptors (Lipinski definition) is 6. The van der Waals surface area contributed by atoms with E-state index in [1.165, 1.54) is 161 Å². The van der Waals surface area contributed by atoms with Crippen LogP contribution in [0.2, 0.25) is 0 Å². The Morgan fingerprint density at radius 3 is 0.968 bits per heavy atom. The van der Waals surface area contributed by atoms with Crippen LogP contribution in [-0.4, -0.2) is 37.2 Å². The second-order valence-electron chi connectivity index (χ2n) is 18.2. The Morgan fingerprint density at radius 1 is 0.339 bits per heavy atom. The van der Waals surface area contributed by atoms with E-state index in [-0.39, 0.29) is 31.1 Å². The average molecular weight is 871 g/mol. The molecule has 1 unspecified atom stereocenters. The minimum Gasteiger partial charge on any atom is -0.462 e. The summed E-state index contributed by atoms with van der Waals surface area (Å²) >= 11 is 0. The summed E-state index contributed by atoms with van der Waals surface area (Å²) in [5.41, 5.74) is 0. The topological polar surface area (TPSA) is 78.9 Å². The maximum Gasteiger partial charge on any atom is 0.306 e. The van der Waals surface area contributed by atoms with Crippen LogP contribution in [0.3, 0.4) is 0 Å². The molecule has 0 aromatic heterocycles. The maximum atomic E-state index is 12.8. The Hall–Kier alpha value is -2.37. The van der Waals surface area contributed by atoms with Crippen molar-refractivity contribution in [2.24, 2.45) is 0 Å². The smallest absolute Gasteiger partial charge is 0.306 e. The third kappa shape index (κ3) is 48.7. The molecule has 6 heteroatoms. The fourth-order valence-electron chi connectivity index (χ4n) is 7.91. The highest BCUT2D eigenvalue weighted by Crippen LogP contribution is 2.17. The molecule has 1 atom stereocenters. The zero-order valence-electron chi connectivity index (χ0n) is 41.4. The predicted octanol–water partition coefficient (Wildman–Crippen LogP) is 17.7. The molecular weight excluding hydrogens is 769 g/mol. The summed E-state index contributed by atoms with van der Waals surface area (Å²) in [5.74, 6) is -0.882. The van der Waals surface area contributed by atoms with Crippen LogP contribution in [-0.2, 0) is 28.6 Å². The molecule has 0 rings (SSSR count). The van der Waals surface area contributed by atoms with Gasteiger partial charge in [0.2, 0.25) is 0 Å². The highest BCUT2D eigenvalue weighted by molar-refractivity contribution is 5.71. The molecule has 0 aromatic rings. The minimum atomic E-state index is -0.777. The quantitative estimate of drug-likeness (QED) is 0.0262. The molecule has 0 N–H and O–H groups in total. The maximum absolute atomic E-state index is 12.8. The van der Waals surface area contributed by atoms with Crippen molar-refractivity contribution in [1.29, 1.82) is 0 Å². The van der Waals surface area contributed by atoms with E-state index in [0.717, 1.165) is 83.5 Å². The number of carbonyl (C=O) groups excluding carboxylic acids is 3. The highest BCUT2D eigenvalue weighted by Gasteiger charge is 2.19. The molecule has 362 valence electrons. The number of rotatable bonds is 49. The molecule has 6 nitrogen and oxygen atoms in total. The van der Waals surface area contributed by atoms with E-state index in [9.17, 15) is 14.4 Å². The van der Waals surface area contributed by atoms with Crippen LogP contribution in [0.25, 0.3) is 0 Å². The third-order valence-electron chi connectivity index (χ3n) is 12.0. The van der Waals surface area contributed by atoms with E-state index in [1.807, 2.05) is 0 Å². The van der Waals surface area contributed by atoms with Gasteiger partial charge in [0.1, 0.15) is 13.2 Å². The first-order chi connectivity index (χ1) is 30.5. The van der Waals surface area contributed by atoms with Gasteiger partial charge in [-0.2, -0.15) is 0 Å². The Balaban J connectivity index is 4.32. The number of unbranched alkanes of at least 4 members (excludes halogenated alkanes) is 34. The van der Waals surface area contributed by atoms with Crippen LogP contribution in [0.1, 0.15) is 284 Å². The van der Waals surface area contributed by atoms with E-state index in [0.29, 0.717) is 19.3 Å². The molecule has 0 saturated heterocycles. The van der Waals surface area contributed by atoms with Crippen LogP contribution < -0.4 is 0 Å². The van der Waals surface area contributed by atoms with Crippen molar-refractivity contribution < 1.29 is 28.6 Å². The molecule has 0 saturated carbocycles. The number of carbonyl (C=O) groups is 3. The number of ether oxygens (including phenoxy) is 3. The lowest BCUT2D eigenvalue weighted by Gasteiger charge is -2.18. The molecule has 0 aliphatic carbocycles. The van der Waals surface area contributed by atoms with Gasteiger partial charge < -0.3 is 14.2 Å². The van der Waals surface area contributed by atoms with Gasteiger partial charge in [0.25, 0.3) is 0 Å². The number of allylic oxidation sites excluding steroid dienone is 6. The first kappa shape index (κ1) is 59.6. The minimum absolute atomic E-state index is 0.0762. The van der Waals surface area contributed by atoms with Crippen molar-refractivity contribution in [3.8, 4) is 0 Å². The largest absolute Gasteiger partial charge is 0.462 e. The second-order valence-corrected chi connectivity index (χ2v) is 18.2. The SMILES string of the molecule is CC\C=C/C=C\C=C/CCCCCCCC(=O)OC(COC(=O)CCCCCCCCCCCCCCC)COC(=O)CCCCCCCCCCCCCCCCCCCC. The molecule has 0 amide bonds. The molecule has 0 bridgehead atoms. The summed E-state index contributed by atoms with van der Waals surface area (Å²) in [5, 5.41) is 0. The number of esters is 3. The van der Waals surface area contributed by atoms with Gasteiger partial charge in [-0.05, 0) is 38.5 Å². The van der Waals surface area contributed by atoms with Crippen molar-refractivity contribution in [2.45, 2.75) is 290 Å². The van der Waals surface area contributed by atoms with E-state index in [4.69, 9.17) is 14.2 Å². The van der Waals surface area contributed by atoms with E-state index in [2.05, 4.69) is 57.2 Å². The summed E-state index contributed by atoms with van der Waals surface area (Å²) in [6.45, 7) is 6.52. The summed E-state index contributed by atoms with van der Waals surface area (Å²) in [4.78, 5) is 38.0. The summed E-state index contributed by atoms with van der Waals surface area (Å²) in [7, 11) is 0. The monoisotopic (exact) mass is 871 g/mol. The van der Waals surface area contributed by atoms with Crippen LogP contribution in [0, 0.1) is 0 Å². The van der Waals surface area contributed by atoms with Gasteiger partial charge in [0, 0.05) is 19.3 Å². The molecular formula is C56H102O6. The van der Waals surface area contributed by atoms with Gasteiger partial charge in [-0.3, -0.25) is 14.4 Å². The van der Waals surface area contributed by atoms with Crippen LogP contribution >= 0.6 is 0 Å². The van der Waals surface area contributed by atoms with E-state index in [1.54, 1.807) is 0 Å². The Kier molecular flexibility index (Phi) is 49.3. The van der Waals surface area contributed by atoms with Crippen molar-refractivity contribution >= 4 is 17.9 Å². The van der Waals surface area contributed by atoms with Crippen molar-refractivity contribution in [3.63, 3.8) is 0 Å². The van der Waals surface area contributed by atoms with E-state index < -0.39 is 6.10 Å². The third-order valence-corrected chi connectivity index (χ3v) is 12.0. The van der Waals surface area contributed by atoms with Crippen molar-refractivity contribution in [3.05, 3.63) is 36.5 Å². The van der Waals surface area contributed by atoms with Gasteiger partial charge in [-0.1, -0.05) is 263 Å². The van der Waals surface area contributed by atoms with Gasteiger partial charge in [-0.15, -0.1) is 0 Å². The standard InChI is InChI=1S/C56H102O6/c1-4-7-10-13-16-19-22-25-26-27-28-29-32-34-37-40-43-46-49-55(58)61-52-53(62-56(59)50-47-44-41-38-35-31-24-21-18-15-12-9-6-3)51-60-54(57)48-45-42-39-36-33-30-23-20-17-14-11-8-5-2/h9,12,15,18,21,24,53H,4-8,10-11,13-14,16-17,19-20,22-23,25-52H2,1-3H3/b12-9-,18-15-,24-21-. The van der Waals surface area contributed by atoms with Crippen LogP contribution in [0.4, 0.5) is 0 Å². The summed E-state index contributed by atoms with van der Waals surface area (Å²) < 4.78 is 16.8. The zero-order chi connectivity index (χ0) is 45.1. The predicted molar refractivity (Wildman–Crippen MR) is 266 cm³/mol. The summed E-state index contributed by atoms with van der Waals surface area (Å²) in [6, 6.07) is 0. The fraction of sp³-hybridized carbons (Fsp3) is 0.839. The zero-order valence-corrected chi connectivity index (χ0v) is 41.4. The average Bonchev–Trinajstić information content (AvgIpc) is 3.27. The Bertz CT molecular complexity index is 1050. The van der Waals surface area contributed by atoms with Crippen molar-refractivity contribution in [1.82, 2.24) is 0 Å². The lowest BCUT2D eigenvalue weighted by atomic mass is 10.0. The van der Waals surface area contributed by atoms with Crippen molar-refractivity contribution in [2.75, 3.05) is 13.2 Å². The highest BCUT2D eigenvalue weighted by atomic mass is 16.6. The van der Waals surface area contributed by atoms with E-state index >= 15 is 0 Å². The normalized spacial score (nSPS) is 12.2. The molecule has 0 spiro atoms. The number of hydrogen-bond donors (Lipinski definition) is 0. The molecule has 0 aliphatic heterocycles. The lowest BCUT2D eigenvalue weighted by Crippen LogP contribution is -2.30. The molecule has 0 heterocycles. The second kappa shape index (κ2) is 51.3. The molecule has 0 radical (unpaired) electrons. The van der Waals surface area contributed by atoms with Crippen LogP contribution in [0.5, 0.6) is 0 Å².